The van der Waals surface area contributed by atoms with Crippen molar-refractivity contribution in [2.45, 2.75) is 44.7 Å². The average Bonchev–Trinajstić information content (AvgIpc) is 3.18. The third-order valence-corrected chi connectivity index (χ3v) is 6.34. The Bertz CT molecular complexity index is 982. The van der Waals surface area contributed by atoms with E-state index in [1.54, 1.807) is 7.11 Å². The number of carbonyl (C=O) groups excluding carboxylic acids is 1. The molecule has 158 valence electrons. The molecule has 2 aromatic rings. The maximum atomic E-state index is 12.4. The van der Waals surface area contributed by atoms with Gasteiger partial charge in [-0.1, -0.05) is 57.5 Å². The molecule has 2 aliphatic rings. The molecule has 2 aromatic carbocycles. The van der Waals surface area contributed by atoms with Gasteiger partial charge in [0, 0.05) is 11.1 Å². The van der Waals surface area contributed by atoms with Gasteiger partial charge in [-0.05, 0) is 41.8 Å². The van der Waals surface area contributed by atoms with E-state index in [9.17, 15) is 4.79 Å². The third-order valence-electron chi connectivity index (χ3n) is 6.34. The van der Waals surface area contributed by atoms with Crippen molar-refractivity contribution in [3.63, 3.8) is 0 Å². The molecule has 0 saturated carbocycles. The number of nitrogens with one attached hydrogen (secondary N) is 1. The van der Waals surface area contributed by atoms with Crippen LogP contribution in [0, 0.1) is 0 Å². The highest BCUT2D eigenvalue weighted by molar-refractivity contribution is 5.91. The van der Waals surface area contributed by atoms with Crippen LogP contribution in [-0.2, 0) is 10.2 Å². The summed E-state index contributed by atoms with van der Waals surface area (Å²) in [5, 5.41) is 3.26. The van der Waals surface area contributed by atoms with Crippen LogP contribution in [0.3, 0.4) is 0 Å². The molecular weight excluding hydrogens is 376 g/mol. The number of nitrogens with zero attached hydrogens (tertiary/aromatic N) is 1. The summed E-state index contributed by atoms with van der Waals surface area (Å²) < 4.78 is 11.4. The zero-order valence-electron chi connectivity index (χ0n) is 18.2. The highest BCUT2D eigenvalue weighted by Gasteiger charge is 2.59. The van der Waals surface area contributed by atoms with Crippen molar-refractivity contribution in [3.8, 4) is 11.5 Å². The number of fused-ring (bicyclic) bond motifs is 3. The van der Waals surface area contributed by atoms with E-state index in [1.807, 2.05) is 24.3 Å². The van der Waals surface area contributed by atoms with Crippen LogP contribution in [0.4, 0.5) is 5.69 Å². The summed E-state index contributed by atoms with van der Waals surface area (Å²) in [5.74, 6) is 1.51. The zero-order valence-corrected chi connectivity index (χ0v) is 18.2. The molecule has 0 radical (unpaired) electrons. The number of ether oxygens (including phenoxy) is 2. The zero-order chi connectivity index (χ0) is 21.4. The van der Waals surface area contributed by atoms with Gasteiger partial charge in [0.1, 0.15) is 5.66 Å². The summed E-state index contributed by atoms with van der Waals surface area (Å²) >= 11 is 0. The van der Waals surface area contributed by atoms with Gasteiger partial charge >= 0.3 is 0 Å². The first-order chi connectivity index (χ1) is 14.4. The van der Waals surface area contributed by atoms with Gasteiger partial charge in [-0.15, -0.1) is 0 Å². The van der Waals surface area contributed by atoms with Crippen molar-refractivity contribution in [3.05, 3.63) is 59.7 Å². The lowest BCUT2D eigenvalue weighted by molar-refractivity contribution is -0.118. The van der Waals surface area contributed by atoms with E-state index in [0.717, 1.165) is 29.8 Å². The van der Waals surface area contributed by atoms with E-state index in [0.29, 0.717) is 18.9 Å². The molecule has 0 spiro atoms. The Morgan fingerprint density at radius 3 is 2.73 bits per heavy atom. The number of anilines is 1. The van der Waals surface area contributed by atoms with E-state index in [1.165, 1.54) is 5.56 Å². The Morgan fingerprint density at radius 1 is 1.17 bits per heavy atom. The lowest BCUT2D eigenvalue weighted by atomic mass is 9.75. The van der Waals surface area contributed by atoms with Crippen molar-refractivity contribution >= 4 is 17.7 Å². The number of carbonyl (C=O) groups is 1. The van der Waals surface area contributed by atoms with E-state index in [4.69, 9.17) is 9.47 Å². The number of benzene rings is 2. The maximum absolute atomic E-state index is 12.4. The molecule has 0 aliphatic carbocycles. The van der Waals surface area contributed by atoms with Crippen molar-refractivity contribution in [1.29, 1.82) is 0 Å². The molecule has 4 rings (SSSR count). The fourth-order valence-corrected chi connectivity index (χ4v) is 4.59. The third kappa shape index (κ3) is 3.13. The number of hydrogen-bond acceptors (Lipinski definition) is 4. The molecular formula is C25H30N2O3. The number of para-hydroxylation sites is 1. The largest absolute Gasteiger partial charge is 0.493 e. The van der Waals surface area contributed by atoms with E-state index in [2.05, 4.69) is 61.3 Å². The summed E-state index contributed by atoms with van der Waals surface area (Å²) in [6, 6.07) is 14.3. The second-order valence-corrected chi connectivity index (χ2v) is 8.49. The molecule has 0 unspecified atom stereocenters. The number of unbranched alkanes of at least 4 members (excludes halogenated alkanes) is 1. The van der Waals surface area contributed by atoms with Gasteiger partial charge in [0.05, 0.1) is 20.3 Å². The van der Waals surface area contributed by atoms with Gasteiger partial charge in [0.25, 0.3) is 0 Å². The van der Waals surface area contributed by atoms with Gasteiger partial charge in [0.15, 0.2) is 11.5 Å². The highest BCUT2D eigenvalue weighted by atomic mass is 16.5. The average molecular weight is 407 g/mol. The first-order valence-electron chi connectivity index (χ1n) is 10.6. The van der Waals surface area contributed by atoms with Crippen molar-refractivity contribution < 1.29 is 14.3 Å². The molecule has 1 fully saturated rings. The Labute approximate surface area is 178 Å². The number of amides is 1. The molecule has 1 atom stereocenters. The van der Waals surface area contributed by atoms with E-state index < -0.39 is 5.66 Å². The molecule has 1 amide bonds. The smallest absolute Gasteiger partial charge is 0.241 e. The van der Waals surface area contributed by atoms with Gasteiger partial charge in [0.2, 0.25) is 5.91 Å². The fraction of sp³-hybridized carbons (Fsp3) is 0.400. The summed E-state index contributed by atoms with van der Waals surface area (Å²) in [6.45, 7) is 7.55. The molecule has 5 nitrogen and oxygen atoms in total. The summed E-state index contributed by atoms with van der Waals surface area (Å²) in [6.07, 6.45) is 6.28. The quantitative estimate of drug-likeness (QED) is 0.688. The summed E-state index contributed by atoms with van der Waals surface area (Å²) in [5.41, 5.74) is 2.48. The summed E-state index contributed by atoms with van der Waals surface area (Å²) in [4.78, 5) is 14.6. The van der Waals surface area contributed by atoms with E-state index in [-0.39, 0.29) is 11.3 Å². The minimum atomic E-state index is -0.600. The normalized spacial score (nSPS) is 21.5. The van der Waals surface area contributed by atoms with Crippen LogP contribution < -0.4 is 19.7 Å². The molecule has 1 N–H and O–H groups in total. The highest BCUT2D eigenvalue weighted by Crippen LogP contribution is 2.52. The molecule has 30 heavy (non-hydrogen) atoms. The summed E-state index contributed by atoms with van der Waals surface area (Å²) in [7, 11) is 1.66. The van der Waals surface area contributed by atoms with Crippen LogP contribution in [0.5, 0.6) is 11.5 Å². The van der Waals surface area contributed by atoms with Crippen LogP contribution in [0.1, 0.15) is 44.7 Å². The Kier molecular flexibility index (Phi) is 5.22. The monoisotopic (exact) mass is 406 g/mol. The van der Waals surface area contributed by atoms with E-state index >= 15 is 0 Å². The number of rotatable bonds is 7. The molecule has 5 heteroatoms. The van der Waals surface area contributed by atoms with Gasteiger partial charge < -0.3 is 19.7 Å². The van der Waals surface area contributed by atoms with Crippen molar-refractivity contribution in [2.75, 3.05) is 25.2 Å². The van der Waals surface area contributed by atoms with Crippen molar-refractivity contribution in [1.82, 2.24) is 5.32 Å². The van der Waals surface area contributed by atoms with Gasteiger partial charge in [-0.2, -0.15) is 0 Å². The van der Waals surface area contributed by atoms with Crippen molar-refractivity contribution in [2.24, 2.45) is 0 Å². The second-order valence-electron chi connectivity index (χ2n) is 8.49. The fourth-order valence-electron chi connectivity index (χ4n) is 4.59. The first-order valence-corrected chi connectivity index (χ1v) is 10.6. The molecule has 0 bridgehead atoms. The molecule has 2 aliphatic heterocycles. The Morgan fingerprint density at radius 2 is 1.97 bits per heavy atom. The standard InChI is InChI=1S/C25H30N2O3/c1-5-6-15-30-21-12-11-18(16-22(21)29-4)13-14-25-24(2,3)19-9-7-8-10-20(19)27(25)17-23(28)26-25/h7-14,16H,5-6,15,17H2,1-4H3,(H,26,28)/b14-13+/t25-/m0/s1. The van der Waals surface area contributed by atoms with Gasteiger partial charge in [-0.25, -0.2) is 0 Å². The minimum absolute atomic E-state index is 0.0412. The maximum Gasteiger partial charge on any atom is 0.241 e. The SMILES string of the molecule is CCCCOc1ccc(/C=C/[C@]23NC(=O)CN2c2ccccc2C3(C)C)cc1OC. The Hall–Kier alpha value is -2.95. The Balaban J connectivity index is 1.67. The second kappa shape index (κ2) is 7.71. The molecule has 2 heterocycles. The topological polar surface area (TPSA) is 50.8 Å². The first kappa shape index (κ1) is 20.3. The van der Waals surface area contributed by atoms with Crippen LogP contribution in [0.25, 0.3) is 6.08 Å². The minimum Gasteiger partial charge on any atom is -0.493 e. The van der Waals surface area contributed by atoms with Crippen LogP contribution >= 0.6 is 0 Å². The van der Waals surface area contributed by atoms with Crippen LogP contribution in [0.15, 0.2) is 48.5 Å². The predicted octanol–water partition coefficient (Wildman–Crippen LogP) is 4.51. The van der Waals surface area contributed by atoms with Gasteiger partial charge in [-0.3, -0.25) is 4.79 Å². The number of hydrogen-bond donors (Lipinski definition) is 1. The predicted molar refractivity (Wildman–Crippen MR) is 120 cm³/mol. The molecule has 0 aromatic heterocycles. The molecule has 1 saturated heterocycles. The lowest BCUT2D eigenvalue weighted by Gasteiger charge is -2.40. The van der Waals surface area contributed by atoms with Crippen LogP contribution in [0.2, 0.25) is 0 Å². The lowest BCUT2D eigenvalue weighted by Crippen LogP contribution is -2.58. The number of methoxy groups -OCH3 is 1. The van der Waals surface area contributed by atoms with Crippen LogP contribution in [-0.4, -0.2) is 31.8 Å².